The Morgan fingerprint density at radius 2 is 1.86 bits per heavy atom. The summed E-state index contributed by atoms with van der Waals surface area (Å²) in [6.07, 6.45) is 1.94. The van der Waals surface area contributed by atoms with Crippen LogP contribution in [0.3, 0.4) is 0 Å². The quantitative estimate of drug-likeness (QED) is 0.664. The van der Waals surface area contributed by atoms with E-state index in [-0.39, 0.29) is 11.5 Å². The standard InChI is InChI=1S/C24H31NO3/c1-6-11-28-21-15(2)12-19(13-16(21)3)17-7-8-20-18(14-17)9-10-24(4,5)22(20)25-23(26)27/h7-8,12-14,22,25H,6,9-11H2,1-5H3,(H,26,27). The van der Waals surface area contributed by atoms with Crippen molar-refractivity contribution in [3.05, 3.63) is 52.6 Å². The average molecular weight is 382 g/mol. The van der Waals surface area contributed by atoms with Gasteiger partial charge in [0.15, 0.2) is 0 Å². The highest BCUT2D eigenvalue weighted by atomic mass is 16.5. The number of hydrogen-bond acceptors (Lipinski definition) is 2. The molecule has 28 heavy (non-hydrogen) atoms. The third kappa shape index (κ3) is 4.01. The van der Waals surface area contributed by atoms with Crippen molar-refractivity contribution in [2.24, 2.45) is 5.41 Å². The zero-order valence-electron chi connectivity index (χ0n) is 17.6. The van der Waals surface area contributed by atoms with E-state index in [1.165, 1.54) is 16.7 Å². The number of nitrogens with one attached hydrogen (secondary N) is 1. The molecule has 0 bridgehead atoms. The van der Waals surface area contributed by atoms with E-state index in [4.69, 9.17) is 4.74 Å². The van der Waals surface area contributed by atoms with Crippen LogP contribution in [0.15, 0.2) is 30.3 Å². The second kappa shape index (κ2) is 7.86. The van der Waals surface area contributed by atoms with Crippen LogP contribution in [0.5, 0.6) is 5.75 Å². The lowest BCUT2D eigenvalue weighted by Crippen LogP contribution is -2.40. The Balaban J connectivity index is 1.97. The van der Waals surface area contributed by atoms with Crippen LogP contribution in [0.4, 0.5) is 4.79 Å². The molecule has 150 valence electrons. The summed E-state index contributed by atoms with van der Waals surface area (Å²) in [5.74, 6) is 0.982. The summed E-state index contributed by atoms with van der Waals surface area (Å²) in [6, 6.07) is 10.6. The Morgan fingerprint density at radius 1 is 1.18 bits per heavy atom. The summed E-state index contributed by atoms with van der Waals surface area (Å²) in [4.78, 5) is 11.3. The monoisotopic (exact) mass is 381 g/mol. The van der Waals surface area contributed by atoms with Gasteiger partial charge in [0.05, 0.1) is 12.6 Å². The molecule has 0 saturated heterocycles. The number of carboxylic acid groups (broad SMARTS) is 1. The lowest BCUT2D eigenvalue weighted by atomic mass is 9.70. The van der Waals surface area contributed by atoms with Gasteiger partial charge in [-0.05, 0) is 84.0 Å². The molecular weight excluding hydrogens is 350 g/mol. The molecule has 2 aromatic rings. The first kappa shape index (κ1) is 20.2. The number of rotatable bonds is 5. The Labute approximate surface area is 167 Å². The van der Waals surface area contributed by atoms with Crippen molar-refractivity contribution in [1.29, 1.82) is 0 Å². The van der Waals surface area contributed by atoms with Crippen LogP contribution in [0, 0.1) is 19.3 Å². The van der Waals surface area contributed by atoms with Gasteiger partial charge in [0.2, 0.25) is 0 Å². The van der Waals surface area contributed by atoms with Crippen molar-refractivity contribution in [3.8, 4) is 16.9 Å². The van der Waals surface area contributed by atoms with Gasteiger partial charge in [-0.3, -0.25) is 0 Å². The molecule has 1 aliphatic carbocycles. The molecule has 0 heterocycles. The molecule has 1 unspecified atom stereocenters. The van der Waals surface area contributed by atoms with Crippen molar-refractivity contribution >= 4 is 6.09 Å². The Hall–Kier alpha value is -2.49. The fraction of sp³-hybridized carbons (Fsp3) is 0.458. The summed E-state index contributed by atoms with van der Waals surface area (Å²) in [7, 11) is 0. The molecule has 0 aromatic heterocycles. The first-order chi connectivity index (χ1) is 13.2. The van der Waals surface area contributed by atoms with Crippen molar-refractivity contribution in [3.63, 3.8) is 0 Å². The molecule has 0 spiro atoms. The van der Waals surface area contributed by atoms with E-state index >= 15 is 0 Å². The molecule has 1 atom stereocenters. The predicted octanol–water partition coefficient (Wildman–Crippen LogP) is 6.04. The highest BCUT2D eigenvalue weighted by molar-refractivity contribution is 5.70. The zero-order valence-corrected chi connectivity index (χ0v) is 17.6. The molecule has 1 amide bonds. The third-order valence-electron chi connectivity index (χ3n) is 5.79. The first-order valence-electron chi connectivity index (χ1n) is 10.1. The molecule has 1 aliphatic rings. The van der Waals surface area contributed by atoms with E-state index < -0.39 is 6.09 Å². The minimum Gasteiger partial charge on any atom is -0.493 e. The fourth-order valence-corrected chi connectivity index (χ4v) is 4.25. The first-order valence-corrected chi connectivity index (χ1v) is 10.1. The summed E-state index contributed by atoms with van der Waals surface area (Å²) in [5.41, 5.74) is 6.87. The molecule has 0 aliphatic heterocycles. The maximum absolute atomic E-state index is 11.3. The summed E-state index contributed by atoms with van der Waals surface area (Å²) >= 11 is 0. The SMILES string of the molecule is CCCOc1c(C)cc(-c2ccc3c(c2)CCC(C)(C)C3NC(=O)O)cc1C. The largest absolute Gasteiger partial charge is 0.493 e. The Morgan fingerprint density at radius 3 is 2.46 bits per heavy atom. The van der Waals surface area contributed by atoms with E-state index in [0.29, 0.717) is 0 Å². The van der Waals surface area contributed by atoms with Crippen molar-refractivity contribution < 1.29 is 14.6 Å². The molecule has 4 heteroatoms. The summed E-state index contributed by atoms with van der Waals surface area (Å²) < 4.78 is 5.91. The molecule has 2 aromatic carbocycles. The number of carbonyl (C=O) groups is 1. The predicted molar refractivity (Wildman–Crippen MR) is 113 cm³/mol. The minimum atomic E-state index is -0.969. The van der Waals surface area contributed by atoms with Crippen LogP contribution in [0.2, 0.25) is 0 Å². The van der Waals surface area contributed by atoms with Crippen LogP contribution < -0.4 is 10.1 Å². The van der Waals surface area contributed by atoms with Gasteiger partial charge in [0.1, 0.15) is 5.75 Å². The molecule has 4 nitrogen and oxygen atoms in total. The van der Waals surface area contributed by atoms with Gasteiger partial charge in [-0.2, -0.15) is 0 Å². The smallest absolute Gasteiger partial charge is 0.405 e. The second-order valence-electron chi connectivity index (χ2n) is 8.57. The van der Waals surface area contributed by atoms with Gasteiger partial charge in [-0.25, -0.2) is 4.79 Å². The van der Waals surface area contributed by atoms with E-state index in [2.05, 4.69) is 70.3 Å². The van der Waals surface area contributed by atoms with Gasteiger partial charge >= 0.3 is 6.09 Å². The number of hydrogen-bond donors (Lipinski definition) is 2. The number of ether oxygens (including phenoxy) is 1. The van der Waals surface area contributed by atoms with E-state index in [0.717, 1.165) is 48.3 Å². The van der Waals surface area contributed by atoms with Crippen molar-refractivity contribution in [2.75, 3.05) is 6.61 Å². The van der Waals surface area contributed by atoms with E-state index in [1.54, 1.807) is 0 Å². The molecule has 2 N–H and O–H groups in total. The maximum Gasteiger partial charge on any atom is 0.405 e. The van der Waals surface area contributed by atoms with Gasteiger partial charge in [0, 0.05) is 0 Å². The summed E-state index contributed by atoms with van der Waals surface area (Å²) in [5, 5.41) is 12.0. The zero-order chi connectivity index (χ0) is 20.5. The Kier molecular flexibility index (Phi) is 5.69. The highest BCUT2D eigenvalue weighted by Gasteiger charge is 2.37. The molecule has 3 rings (SSSR count). The van der Waals surface area contributed by atoms with E-state index in [1.807, 2.05) is 0 Å². The molecule has 0 fully saturated rings. The lowest BCUT2D eigenvalue weighted by Gasteiger charge is -2.40. The second-order valence-corrected chi connectivity index (χ2v) is 8.57. The van der Waals surface area contributed by atoms with Crippen molar-refractivity contribution in [1.82, 2.24) is 5.32 Å². The van der Waals surface area contributed by atoms with Crippen LogP contribution in [-0.2, 0) is 6.42 Å². The van der Waals surface area contributed by atoms with Gasteiger partial charge in [-0.15, -0.1) is 0 Å². The van der Waals surface area contributed by atoms with Gasteiger partial charge in [0.25, 0.3) is 0 Å². The fourth-order valence-electron chi connectivity index (χ4n) is 4.25. The van der Waals surface area contributed by atoms with Crippen LogP contribution in [0.1, 0.15) is 61.9 Å². The van der Waals surface area contributed by atoms with Gasteiger partial charge in [-0.1, -0.05) is 39.0 Å². The molecule has 0 saturated carbocycles. The van der Waals surface area contributed by atoms with Crippen LogP contribution in [-0.4, -0.2) is 17.8 Å². The molecular formula is C24H31NO3. The van der Waals surface area contributed by atoms with Crippen molar-refractivity contribution in [2.45, 2.75) is 59.9 Å². The summed E-state index contributed by atoms with van der Waals surface area (Å²) in [6.45, 7) is 11.3. The maximum atomic E-state index is 11.3. The van der Waals surface area contributed by atoms with Crippen LogP contribution in [0.25, 0.3) is 11.1 Å². The lowest BCUT2D eigenvalue weighted by molar-refractivity contribution is 0.161. The van der Waals surface area contributed by atoms with E-state index in [9.17, 15) is 9.90 Å². The minimum absolute atomic E-state index is 0.0989. The number of fused-ring (bicyclic) bond motifs is 1. The molecule has 0 radical (unpaired) electrons. The highest BCUT2D eigenvalue weighted by Crippen LogP contribution is 2.44. The van der Waals surface area contributed by atoms with Gasteiger partial charge < -0.3 is 15.2 Å². The average Bonchev–Trinajstić information content (AvgIpc) is 2.63. The Bertz CT molecular complexity index is 862. The van der Waals surface area contributed by atoms with Crippen LogP contribution >= 0.6 is 0 Å². The normalized spacial score (nSPS) is 17.7. The topological polar surface area (TPSA) is 58.6 Å². The number of aryl methyl sites for hydroxylation is 3. The third-order valence-corrected chi connectivity index (χ3v) is 5.79. The number of amides is 1. The number of benzene rings is 2.